The van der Waals surface area contributed by atoms with Crippen LogP contribution in [0.2, 0.25) is 0 Å². The predicted molar refractivity (Wildman–Crippen MR) is 79.3 cm³/mol. The lowest BCUT2D eigenvalue weighted by atomic mass is 10.3. The number of para-hydroxylation sites is 2. The highest BCUT2D eigenvalue weighted by molar-refractivity contribution is 9.11. The van der Waals surface area contributed by atoms with Crippen molar-refractivity contribution in [2.24, 2.45) is 0 Å². The molecular formula is C13H11Br2NO2. The molecule has 2 aromatic carbocycles. The molecule has 0 aromatic heterocycles. The highest BCUT2D eigenvalue weighted by Crippen LogP contribution is 2.39. The van der Waals surface area contributed by atoms with E-state index in [1.807, 2.05) is 30.3 Å². The Morgan fingerprint density at radius 1 is 0.944 bits per heavy atom. The normalized spacial score (nSPS) is 10.2. The molecule has 94 valence electrons. The molecule has 5 heteroatoms. The fraction of sp³-hybridized carbons (Fsp3) is 0.0769. The zero-order valence-electron chi connectivity index (χ0n) is 9.61. The van der Waals surface area contributed by atoms with Crippen LogP contribution in [0.15, 0.2) is 45.3 Å². The Kier molecular flexibility index (Phi) is 4.14. The lowest BCUT2D eigenvalue weighted by molar-refractivity contribution is 0.409. The first-order valence-corrected chi connectivity index (χ1v) is 6.76. The first-order chi connectivity index (χ1) is 8.61. The minimum atomic E-state index is 0.594. The monoisotopic (exact) mass is 371 g/mol. The van der Waals surface area contributed by atoms with Crippen LogP contribution in [-0.4, -0.2) is 7.11 Å². The van der Waals surface area contributed by atoms with Crippen molar-refractivity contribution >= 4 is 37.5 Å². The van der Waals surface area contributed by atoms with Crippen molar-refractivity contribution in [3.8, 4) is 17.2 Å². The van der Waals surface area contributed by atoms with Crippen LogP contribution >= 0.6 is 31.9 Å². The van der Waals surface area contributed by atoms with Gasteiger partial charge in [0.2, 0.25) is 0 Å². The number of methoxy groups -OCH3 is 1. The second-order valence-corrected chi connectivity index (χ2v) is 5.27. The molecule has 0 fully saturated rings. The lowest BCUT2D eigenvalue weighted by Gasteiger charge is -2.12. The maximum absolute atomic E-state index is 5.84. The van der Waals surface area contributed by atoms with Gasteiger partial charge in [-0.3, -0.25) is 0 Å². The van der Waals surface area contributed by atoms with Crippen molar-refractivity contribution in [1.29, 1.82) is 0 Å². The van der Waals surface area contributed by atoms with Crippen LogP contribution in [0.25, 0.3) is 0 Å². The van der Waals surface area contributed by atoms with E-state index in [1.54, 1.807) is 13.2 Å². The van der Waals surface area contributed by atoms with E-state index in [1.165, 1.54) is 0 Å². The molecule has 2 aromatic rings. The van der Waals surface area contributed by atoms with E-state index < -0.39 is 0 Å². The van der Waals surface area contributed by atoms with Gasteiger partial charge in [0, 0.05) is 0 Å². The van der Waals surface area contributed by atoms with Gasteiger partial charge in [-0.1, -0.05) is 12.1 Å². The molecule has 0 amide bonds. The van der Waals surface area contributed by atoms with Crippen molar-refractivity contribution in [3.05, 3.63) is 45.3 Å². The van der Waals surface area contributed by atoms with E-state index in [0.717, 1.165) is 14.7 Å². The average Bonchev–Trinajstić information content (AvgIpc) is 2.36. The summed E-state index contributed by atoms with van der Waals surface area (Å²) in [5.41, 5.74) is 6.43. The second-order valence-electron chi connectivity index (χ2n) is 3.56. The predicted octanol–water partition coefficient (Wildman–Crippen LogP) is 4.59. The summed E-state index contributed by atoms with van der Waals surface area (Å²) >= 11 is 6.85. The summed E-state index contributed by atoms with van der Waals surface area (Å²) in [6.45, 7) is 0. The molecular weight excluding hydrogens is 362 g/mol. The van der Waals surface area contributed by atoms with E-state index in [2.05, 4.69) is 31.9 Å². The zero-order valence-corrected chi connectivity index (χ0v) is 12.8. The van der Waals surface area contributed by atoms with Gasteiger partial charge in [0.25, 0.3) is 0 Å². The lowest BCUT2D eigenvalue weighted by Crippen LogP contribution is -1.93. The third-order valence-electron chi connectivity index (χ3n) is 2.35. The number of ether oxygens (including phenoxy) is 2. The summed E-state index contributed by atoms with van der Waals surface area (Å²) in [4.78, 5) is 0. The standard InChI is InChI=1S/C13H11Br2NO2/c1-17-12-6-9(15)13(7-8(12)14)18-11-5-3-2-4-10(11)16/h2-7H,16H2,1H3. The molecule has 2 N–H and O–H groups in total. The molecule has 18 heavy (non-hydrogen) atoms. The van der Waals surface area contributed by atoms with Crippen LogP contribution in [0.5, 0.6) is 17.2 Å². The van der Waals surface area contributed by atoms with E-state index in [9.17, 15) is 0 Å². The molecule has 0 heterocycles. The number of hydrogen-bond donors (Lipinski definition) is 1. The Hall–Kier alpha value is -1.20. The number of benzene rings is 2. The van der Waals surface area contributed by atoms with Crippen LogP contribution in [-0.2, 0) is 0 Å². The van der Waals surface area contributed by atoms with Crippen molar-refractivity contribution in [2.75, 3.05) is 12.8 Å². The fourth-order valence-electron chi connectivity index (χ4n) is 1.44. The van der Waals surface area contributed by atoms with Crippen molar-refractivity contribution < 1.29 is 9.47 Å². The quantitative estimate of drug-likeness (QED) is 0.801. The van der Waals surface area contributed by atoms with Crippen LogP contribution < -0.4 is 15.2 Å². The first kappa shape index (κ1) is 13.2. The smallest absolute Gasteiger partial charge is 0.150 e. The summed E-state index contributed by atoms with van der Waals surface area (Å²) in [7, 11) is 1.61. The highest BCUT2D eigenvalue weighted by atomic mass is 79.9. The first-order valence-electron chi connectivity index (χ1n) is 5.17. The zero-order chi connectivity index (χ0) is 13.1. The summed E-state index contributed by atoms with van der Waals surface area (Å²) in [5, 5.41) is 0. The van der Waals surface area contributed by atoms with Crippen molar-refractivity contribution in [1.82, 2.24) is 0 Å². The Bertz CT molecular complexity index is 573. The maximum atomic E-state index is 5.84. The average molecular weight is 373 g/mol. The van der Waals surface area contributed by atoms with Gasteiger partial charge in [-0.2, -0.15) is 0 Å². The van der Waals surface area contributed by atoms with Gasteiger partial charge in [-0.05, 0) is 56.1 Å². The Balaban J connectivity index is 2.35. The van der Waals surface area contributed by atoms with E-state index in [4.69, 9.17) is 15.2 Å². The van der Waals surface area contributed by atoms with Gasteiger partial charge >= 0.3 is 0 Å². The maximum Gasteiger partial charge on any atom is 0.150 e. The summed E-state index contributed by atoms with van der Waals surface area (Å²) in [5.74, 6) is 2.02. The van der Waals surface area contributed by atoms with Gasteiger partial charge in [0.1, 0.15) is 17.2 Å². The molecule has 0 radical (unpaired) electrons. The molecule has 0 saturated heterocycles. The molecule has 2 rings (SSSR count). The van der Waals surface area contributed by atoms with Gasteiger partial charge in [-0.25, -0.2) is 0 Å². The molecule has 0 atom stereocenters. The molecule has 3 nitrogen and oxygen atoms in total. The van der Waals surface area contributed by atoms with Gasteiger partial charge in [0.05, 0.1) is 21.7 Å². The molecule has 0 saturated carbocycles. The van der Waals surface area contributed by atoms with Gasteiger partial charge < -0.3 is 15.2 Å². The Morgan fingerprint density at radius 3 is 2.22 bits per heavy atom. The van der Waals surface area contributed by atoms with Gasteiger partial charge in [-0.15, -0.1) is 0 Å². The SMILES string of the molecule is COc1cc(Br)c(Oc2ccccc2N)cc1Br. The summed E-state index contributed by atoms with van der Waals surface area (Å²) in [6.07, 6.45) is 0. The van der Waals surface area contributed by atoms with E-state index in [0.29, 0.717) is 17.2 Å². The third kappa shape index (κ3) is 2.79. The van der Waals surface area contributed by atoms with E-state index >= 15 is 0 Å². The highest BCUT2D eigenvalue weighted by Gasteiger charge is 2.10. The number of anilines is 1. The van der Waals surface area contributed by atoms with Crippen LogP contribution in [0.4, 0.5) is 5.69 Å². The molecule has 0 aliphatic rings. The largest absolute Gasteiger partial charge is 0.496 e. The second kappa shape index (κ2) is 5.63. The molecule has 0 aliphatic heterocycles. The Labute approximate surface area is 122 Å². The third-order valence-corrected chi connectivity index (χ3v) is 3.58. The molecule has 0 aliphatic carbocycles. The number of hydrogen-bond acceptors (Lipinski definition) is 3. The number of rotatable bonds is 3. The summed E-state index contributed by atoms with van der Waals surface area (Å²) < 4.78 is 12.6. The number of nitrogen functional groups attached to an aromatic ring is 1. The minimum absolute atomic E-state index is 0.594. The topological polar surface area (TPSA) is 44.5 Å². The van der Waals surface area contributed by atoms with Crippen LogP contribution in [0, 0.1) is 0 Å². The molecule has 0 unspecified atom stereocenters. The minimum Gasteiger partial charge on any atom is -0.496 e. The Morgan fingerprint density at radius 2 is 1.56 bits per heavy atom. The fourth-order valence-corrected chi connectivity index (χ4v) is 2.32. The molecule has 0 bridgehead atoms. The summed E-state index contributed by atoms with van der Waals surface area (Å²) in [6, 6.07) is 11.0. The molecule has 0 spiro atoms. The van der Waals surface area contributed by atoms with Crippen LogP contribution in [0.3, 0.4) is 0 Å². The number of nitrogens with two attached hydrogens (primary N) is 1. The van der Waals surface area contributed by atoms with Crippen molar-refractivity contribution in [2.45, 2.75) is 0 Å². The van der Waals surface area contributed by atoms with E-state index in [-0.39, 0.29) is 0 Å². The van der Waals surface area contributed by atoms with Crippen LogP contribution in [0.1, 0.15) is 0 Å². The van der Waals surface area contributed by atoms with Gasteiger partial charge in [0.15, 0.2) is 0 Å². The number of halogens is 2. The van der Waals surface area contributed by atoms with Crippen molar-refractivity contribution in [3.63, 3.8) is 0 Å².